The van der Waals surface area contributed by atoms with Crippen molar-refractivity contribution in [3.05, 3.63) is 29.6 Å². The van der Waals surface area contributed by atoms with Crippen LogP contribution in [0, 0.1) is 5.82 Å². The third-order valence-electron chi connectivity index (χ3n) is 4.51. The normalized spacial score (nSPS) is 18.0. The van der Waals surface area contributed by atoms with Crippen LogP contribution in [-0.4, -0.2) is 68.3 Å². The molecule has 2 rings (SSSR count). The summed E-state index contributed by atoms with van der Waals surface area (Å²) in [5.41, 5.74) is 0.716. The van der Waals surface area contributed by atoms with Gasteiger partial charge in [0.15, 0.2) is 17.5 Å². The molecule has 1 aliphatic heterocycles. The molecule has 1 fully saturated rings. The summed E-state index contributed by atoms with van der Waals surface area (Å²) in [4.78, 5) is 7.50. The van der Waals surface area contributed by atoms with Gasteiger partial charge in [-0.25, -0.2) is 4.39 Å². The molecular weight excluding hydrogens is 352 g/mol. The smallest absolute Gasteiger partial charge is 0.403 e. The van der Waals surface area contributed by atoms with Gasteiger partial charge >= 0.3 is 6.18 Å². The molecule has 1 aromatic carbocycles. The summed E-state index contributed by atoms with van der Waals surface area (Å²) < 4.78 is 57.1. The molecule has 5 nitrogen and oxygen atoms in total. The Morgan fingerprint density at radius 2 is 1.92 bits per heavy atom. The highest BCUT2D eigenvalue weighted by Gasteiger charge is 2.41. The Balaban J connectivity index is 1.89. The van der Waals surface area contributed by atoms with Gasteiger partial charge in [0, 0.05) is 39.8 Å². The first kappa shape index (κ1) is 20.3. The number of aliphatic imine (C=N–C) groups is 1. The first-order chi connectivity index (χ1) is 12.3. The highest BCUT2D eigenvalue weighted by molar-refractivity contribution is 5.80. The molecule has 1 unspecified atom stereocenters. The van der Waals surface area contributed by atoms with E-state index in [0.29, 0.717) is 44.2 Å². The van der Waals surface area contributed by atoms with Gasteiger partial charge in [-0.05, 0) is 24.6 Å². The fraction of sp³-hybridized carbons (Fsp3) is 0.588. The Bertz CT molecular complexity index is 628. The van der Waals surface area contributed by atoms with Gasteiger partial charge in [0.2, 0.25) is 0 Å². The minimum Gasteiger partial charge on any atom is -0.494 e. The Morgan fingerprint density at radius 3 is 2.42 bits per heavy atom. The average Bonchev–Trinajstić information content (AvgIpc) is 2.61. The van der Waals surface area contributed by atoms with Crippen molar-refractivity contribution in [3.63, 3.8) is 0 Å². The molecule has 1 atom stereocenters. The third-order valence-corrected chi connectivity index (χ3v) is 4.51. The van der Waals surface area contributed by atoms with Crippen molar-refractivity contribution in [3.8, 4) is 5.75 Å². The minimum atomic E-state index is -4.22. The number of rotatable bonds is 4. The first-order valence-electron chi connectivity index (χ1n) is 8.35. The number of guanidine groups is 1. The van der Waals surface area contributed by atoms with Gasteiger partial charge in [-0.1, -0.05) is 6.07 Å². The molecule has 146 valence electrons. The molecule has 26 heavy (non-hydrogen) atoms. The fourth-order valence-corrected chi connectivity index (χ4v) is 2.86. The molecule has 0 spiro atoms. The van der Waals surface area contributed by atoms with Crippen molar-refractivity contribution >= 4 is 5.96 Å². The van der Waals surface area contributed by atoms with Gasteiger partial charge < -0.3 is 15.0 Å². The SMILES string of the molecule is CN=C(NCc1ccc(OC)c(F)c1)N1CCN(C(C)C(F)(F)F)CC1. The summed E-state index contributed by atoms with van der Waals surface area (Å²) in [7, 11) is 3.01. The number of alkyl halides is 3. The van der Waals surface area contributed by atoms with Crippen molar-refractivity contribution in [1.29, 1.82) is 0 Å². The van der Waals surface area contributed by atoms with E-state index in [1.54, 1.807) is 19.2 Å². The summed E-state index contributed by atoms with van der Waals surface area (Å²) in [6, 6.07) is 3.21. The van der Waals surface area contributed by atoms with Crippen molar-refractivity contribution in [2.75, 3.05) is 40.3 Å². The maximum Gasteiger partial charge on any atom is 0.403 e. The Morgan fingerprint density at radius 1 is 1.27 bits per heavy atom. The molecule has 1 N–H and O–H groups in total. The van der Waals surface area contributed by atoms with Crippen LogP contribution >= 0.6 is 0 Å². The number of piperazine rings is 1. The number of benzene rings is 1. The number of ether oxygens (including phenoxy) is 1. The zero-order valence-corrected chi connectivity index (χ0v) is 15.1. The van der Waals surface area contributed by atoms with Gasteiger partial charge in [0.25, 0.3) is 0 Å². The number of hydrogen-bond acceptors (Lipinski definition) is 3. The molecule has 0 aromatic heterocycles. The Labute approximate surface area is 150 Å². The van der Waals surface area contributed by atoms with Crippen molar-refractivity contribution < 1.29 is 22.3 Å². The number of nitrogens with one attached hydrogen (secondary N) is 1. The summed E-state index contributed by atoms with van der Waals surface area (Å²) in [5, 5.41) is 3.12. The topological polar surface area (TPSA) is 40.1 Å². The largest absolute Gasteiger partial charge is 0.494 e. The van der Waals surface area contributed by atoms with Crippen molar-refractivity contribution in [1.82, 2.24) is 15.1 Å². The van der Waals surface area contributed by atoms with Crippen LogP contribution in [0.4, 0.5) is 17.6 Å². The summed E-state index contributed by atoms with van der Waals surface area (Å²) in [6.45, 7) is 3.03. The molecule has 0 radical (unpaired) electrons. The van der Waals surface area contributed by atoms with Gasteiger partial charge in [0.05, 0.1) is 7.11 Å². The number of halogens is 4. The van der Waals surface area contributed by atoms with Gasteiger partial charge in [-0.3, -0.25) is 9.89 Å². The lowest BCUT2D eigenvalue weighted by Gasteiger charge is -2.39. The lowest BCUT2D eigenvalue weighted by molar-refractivity contribution is -0.181. The summed E-state index contributed by atoms with van der Waals surface area (Å²) in [6.07, 6.45) is -4.22. The van der Waals surface area contributed by atoms with Crippen LogP contribution < -0.4 is 10.1 Å². The van der Waals surface area contributed by atoms with Gasteiger partial charge in [0.1, 0.15) is 6.04 Å². The zero-order chi connectivity index (χ0) is 19.3. The molecule has 1 aliphatic rings. The molecule has 0 aliphatic carbocycles. The van der Waals surface area contributed by atoms with E-state index in [9.17, 15) is 17.6 Å². The molecule has 9 heteroatoms. The van der Waals surface area contributed by atoms with Gasteiger partial charge in [-0.15, -0.1) is 0 Å². The average molecular weight is 376 g/mol. The van der Waals surface area contributed by atoms with Crippen LogP contribution in [0.3, 0.4) is 0 Å². The number of nitrogens with zero attached hydrogens (tertiary/aromatic N) is 3. The maximum atomic E-state index is 13.7. The van der Waals surface area contributed by atoms with E-state index in [-0.39, 0.29) is 5.75 Å². The summed E-state index contributed by atoms with van der Waals surface area (Å²) >= 11 is 0. The standard InChI is InChI=1S/C17H24F4N4O/c1-12(17(19,20)21)24-6-8-25(9-7-24)16(22-2)23-11-13-4-5-15(26-3)14(18)10-13/h4-5,10,12H,6-9,11H2,1-3H3,(H,22,23). The second-order valence-electron chi connectivity index (χ2n) is 6.11. The molecule has 1 aromatic rings. The van der Waals surface area contributed by atoms with E-state index in [2.05, 4.69) is 10.3 Å². The number of hydrogen-bond donors (Lipinski definition) is 1. The lowest BCUT2D eigenvalue weighted by atomic mass is 10.2. The minimum absolute atomic E-state index is 0.174. The molecule has 0 bridgehead atoms. The molecule has 0 saturated carbocycles. The van der Waals surface area contributed by atoms with Crippen molar-refractivity contribution in [2.24, 2.45) is 4.99 Å². The maximum absolute atomic E-state index is 13.7. The quantitative estimate of drug-likeness (QED) is 0.498. The first-order valence-corrected chi connectivity index (χ1v) is 8.35. The van der Waals surface area contributed by atoms with E-state index in [4.69, 9.17) is 4.74 Å². The number of methoxy groups -OCH3 is 1. The highest BCUT2D eigenvalue weighted by Crippen LogP contribution is 2.25. The predicted molar refractivity (Wildman–Crippen MR) is 91.8 cm³/mol. The summed E-state index contributed by atoms with van der Waals surface area (Å²) in [5.74, 6) is 0.310. The van der Waals surface area contributed by atoms with E-state index in [1.165, 1.54) is 25.0 Å². The Hall–Kier alpha value is -2.03. The highest BCUT2D eigenvalue weighted by atomic mass is 19.4. The van der Waals surface area contributed by atoms with Crippen LogP contribution in [-0.2, 0) is 6.54 Å². The second kappa shape index (κ2) is 8.57. The second-order valence-corrected chi connectivity index (χ2v) is 6.11. The van der Waals surface area contributed by atoms with E-state index < -0.39 is 18.0 Å². The van der Waals surface area contributed by atoms with Crippen molar-refractivity contribution in [2.45, 2.75) is 25.7 Å². The van der Waals surface area contributed by atoms with Gasteiger partial charge in [-0.2, -0.15) is 13.2 Å². The lowest BCUT2D eigenvalue weighted by Crippen LogP contribution is -2.56. The molecular formula is C17H24F4N4O. The van der Waals surface area contributed by atoms with Crippen LogP contribution in [0.15, 0.2) is 23.2 Å². The molecule has 1 heterocycles. The Kier molecular flexibility index (Phi) is 6.69. The van der Waals surface area contributed by atoms with E-state index in [1.807, 2.05) is 4.90 Å². The molecule has 1 saturated heterocycles. The fourth-order valence-electron chi connectivity index (χ4n) is 2.86. The van der Waals surface area contributed by atoms with E-state index >= 15 is 0 Å². The zero-order valence-electron chi connectivity index (χ0n) is 15.1. The monoisotopic (exact) mass is 376 g/mol. The van der Waals surface area contributed by atoms with E-state index in [0.717, 1.165) is 0 Å². The molecule has 0 amide bonds. The predicted octanol–water partition coefficient (Wildman–Crippen LogP) is 2.48. The van der Waals surface area contributed by atoms with Crippen LogP contribution in [0.25, 0.3) is 0 Å². The van der Waals surface area contributed by atoms with Crippen LogP contribution in [0.2, 0.25) is 0 Å². The van der Waals surface area contributed by atoms with Crippen LogP contribution in [0.1, 0.15) is 12.5 Å². The van der Waals surface area contributed by atoms with Crippen LogP contribution in [0.5, 0.6) is 5.75 Å². The third kappa shape index (κ3) is 5.00.